The summed E-state index contributed by atoms with van der Waals surface area (Å²) in [5, 5.41) is 0. The van der Waals surface area contributed by atoms with Crippen molar-refractivity contribution >= 4 is 6.29 Å². The molecule has 0 radical (unpaired) electrons. The van der Waals surface area contributed by atoms with Gasteiger partial charge in [0.2, 0.25) is 0 Å². The van der Waals surface area contributed by atoms with Crippen molar-refractivity contribution in [1.82, 2.24) is 0 Å². The molecular formula is C9H14O. The number of hydrogen-bond acceptors (Lipinski definition) is 1. The van der Waals surface area contributed by atoms with Crippen molar-refractivity contribution in [3.8, 4) is 0 Å². The molecule has 0 bridgehead atoms. The Morgan fingerprint density at radius 2 is 2.00 bits per heavy atom. The molecule has 56 valence electrons. The molecule has 1 heteroatoms. The van der Waals surface area contributed by atoms with E-state index in [1.807, 2.05) is 6.08 Å². The van der Waals surface area contributed by atoms with Crippen molar-refractivity contribution in [3.63, 3.8) is 0 Å². The molecular weight excluding hydrogens is 124 g/mol. The summed E-state index contributed by atoms with van der Waals surface area (Å²) in [6.07, 6.45) is 8.39. The lowest BCUT2D eigenvalue weighted by atomic mass is 10.2. The summed E-state index contributed by atoms with van der Waals surface area (Å²) in [5.74, 6) is 0. The molecule has 0 rings (SSSR count). The lowest BCUT2D eigenvalue weighted by Gasteiger charge is -1.87. The zero-order valence-corrected chi connectivity index (χ0v) is 6.63. The van der Waals surface area contributed by atoms with E-state index < -0.39 is 0 Å². The Kier molecular flexibility index (Phi) is 5.74. The number of rotatable bonds is 4. The Balaban J connectivity index is 3.29. The molecule has 0 spiro atoms. The van der Waals surface area contributed by atoms with E-state index in [0.29, 0.717) is 0 Å². The Bertz CT molecular complexity index is 139. The topological polar surface area (TPSA) is 17.1 Å². The lowest BCUT2D eigenvalue weighted by Crippen LogP contribution is -1.68. The van der Waals surface area contributed by atoms with Gasteiger partial charge in [-0.1, -0.05) is 17.7 Å². The van der Waals surface area contributed by atoms with Gasteiger partial charge in [-0.2, -0.15) is 0 Å². The fraction of sp³-hybridized carbons (Fsp3) is 0.444. The van der Waals surface area contributed by atoms with Crippen LogP contribution in [0.1, 0.15) is 26.7 Å². The van der Waals surface area contributed by atoms with E-state index in [-0.39, 0.29) is 0 Å². The Labute approximate surface area is 62.4 Å². The molecule has 0 aliphatic carbocycles. The van der Waals surface area contributed by atoms with Crippen molar-refractivity contribution in [2.75, 3.05) is 0 Å². The average Bonchev–Trinajstić information content (AvgIpc) is 1.87. The minimum absolute atomic E-state index is 0.808. The Hall–Kier alpha value is -0.850. The smallest absolute Gasteiger partial charge is 0.142 e. The second-order valence-corrected chi connectivity index (χ2v) is 2.42. The van der Waals surface area contributed by atoms with Gasteiger partial charge in [0.15, 0.2) is 0 Å². The Morgan fingerprint density at radius 3 is 2.50 bits per heavy atom. The highest BCUT2D eigenvalue weighted by atomic mass is 16.1. The van der Waals surface area contributed by atoms with E-state index in [2.05, 4.69) is 19.9 Å². The predicted molar refractivity (Wildman–Crippen MR) is 43.9 cm³/mol. The molecule has 0 saturated carbocycles. The number of carbonyl (C=O) groups is 1. The summed E-state index contributed by atoms with van der Waals surface area (Å²) in [6, 6.07) is 0. The van der Waals surface area contributed by atoms with Crippen LogP contribution in [0.25, 0.3) is 0 Å². The maximum absolute atomic E-state index is 9.80. The second kappa shape index (κ2) is 6.27. The zero-order valence-electron chi connectivity index (χ0n) is 6.63. The standard InChI is InChI=1S/C9H14O/c1-9(2)7-5-3-4-6-8-10/h4,6-8H,3,5H2,1-2H3. The van der Waals surface area contributed by atoms with Crippen LogP contribution in [0, 0.1) is 0 Å². The van der Waals surface area contributed by atoms with Gasteiger partial charge in [-0.05, 0) is 32.8 Å². The predicted octanol–water partition coefficient (Wildman–Crippen LogP) is 2.49. The van der Waals surface area contributed by atoms with Crippen LogP contribution in [0.4, 0.5) is 0 Å². The van der Waals surface area contributed by atoms with Crippen LogP contribution in [-0.2, 0) is 4.79 Å². The first-order valence-corrected chi connectivity index (χ1v) is 3.51. The maximum Gasteiger partial charge on any atom is 0.142 e. The summed E-state index contributed by atoms with van der Waals surface area (Å²) in [4.78, 5) is 9.80. The van der Waals surface area contributed by atoms with Crippen LogP contribution >= 0.6 is 0 Å². The third-order valence-electron chi connectivity index (χ3n) is 1.10. The molecule has 0 aromatic rings. The van der Waals surface area contributed by atoms with Gasteiger partial charge >= 0.3 is 0 Å². The van der Waals surface area contributed by atoms with Crippen molar-refractivity contribution < 1.29 is 4.79 Å². The van der Waals surface area contributed by atoms with Crippen LogP contribution in [0.3, 0.4) is 0 Å². The quantitative estimate of drug-likeness (QED) is 0.252. The molecule has 1 nitrogen and oxygen atoms in total. The first kappa shape index (κ1) is 9.15. The Morgan fingerprint density at radius 1 is 1.30 bits per heavy atom. The molecule has 0 aromatic carbocycles. The number of unbranched alkanes of at least 4 members (excludes halogenated alkanes) is 1. The number of allylic oxidation sites excluding steroid dienone is 4. The SMILES string of the molecule is CC(C)=CCCC=CC=O. The van der Waals surface area contributed by atoms with Crippen molar-refractivity contribution in [2.45, 2.75) is 26.7 Å². The van der Waals surface area contributed by atoms with Gasteiger partial charge in [0, 0.05) is 0 Å². The van der Waals surface area contributed by atoms with Gasteiger partial charge in [-0.15, -0.1) is 0 Å². The zero-order chi connectivity index (χ0) is 7.82. The molecule has 0 N–H and O–H groups in total. The first-order valence-electron chi connectivity index (χ1n) is 3.51. The summed E-state index contributed by atoms with van der Waals surface area (Å²) < 4.78 is 0. The minimum atomic E-state index is 0.808. The summed E-state index contributed by atoms with van der Waals surface area (Å²) in [6.45, 7) is 4.15. The highest BCUT2D eigenvalue weighted by Crippen LogP contribution is 1.96. The molecule has 0 amide bonds. The van der Waals surface area contributed by atoms with E-state index in [4.69, 9.17) is 0 Å². The minimum Gasteiger partial charge on any atom is -0.299 e. The van der Waals surface area contributed by atoms with Gasteiger partial charge in [-0.3, -0.25) is 4.79 Å². The monoisotopic (exact) mass is 138 g/mol. The van der Waals surface area contributed by atoms with E-state index in [1.54, 1.807) is 6.08 Å². The summed E-state index contributed by atoms with van der Waals surface area (Å²) in [7, 11) is 0. The highest BCUT2D eigenvalue weighted by molar-refractivity contribution is 5.64. The van der Waals surface area contributed by atoms with Crippen LogP contribution in [0.5, 0.6) is 0 Å². The van der Waals surface area contributed by atoms with Crippen molar-refractivity contribution in [1.29, 1.82) is 0 Å². The molecule has 0 atom stereocenters. The third-order valence-corrected chi connectivity index (χ3v) is 1.10. The normalized spacial score (nSPS) is 9.80. The summed E-state index contributed by atoms with van der Waals surface area (Å²) >= 11 is 0. The molecule has 0 aromatic heterocycles. The van der Waals surface area contributed by atoms with Gasteiger partial charge in [0.25, 0.3) is 0 Å². The fourth-order valence-electron chi connectivity index (χ4n) is 0.620. The highest BCUT2D eigenvalue weighted by Gasteiger charge is 1.77. The number of hydrogen-bond donors (Lipinski definition) is 0. The molecule has 0 heterocycles. The molecule has 0 aliphatic rings. The first-order chi connectivity index (χ1) is 4.77. The van der Waals surface area contributed by atoms with Crippen LogP contribution in [0.2, 0.25) is 0 Å². The van der Waals surface area contributed by atoms with Crippen LogP contribution in [0.15, 0.2) is 23.8 Å². The maximum atomic E-state index is 9.80. The van der Waals surface area contributed by atoms with Gasteiger partial charge in [0.05, 0.1) is 0 Å². The summed E-state index contributed by atoms with van der Waals surface area (Å²) in [5.41, 5.74) is 1.33. The molecule has 0 aliphatic heterocycles. The largest absolute Gasteiger partial charge is 0.299 e. The van der Waals surface area contributed by atoms with Crippen LogP contribution < -0.4 is 0 Å². The molecule has 0 fully saturated rings. The third kappa shape index (κ3) is 7.15. The molecule has 0 unspecified atom stereocenters. The van der Waals surface area contributed by atoms with Crippen molar-refractivity contribution in [3.05, 3.63) is 23.8 Å². The van der Waals surface area contributed by atoms with Gasteiger partial charge in [0.1, 0.15) is 6.29 Å². The lowest BCUT2D eigenvalue weighted by molar-refractivity contribution is -0.104. The molecule has 10 heavy (non-hydrogen) atoms. The van der Waals surface area contributed by atoms with E-state index in [9.17, 15) is 4.79 Å². The second-order valence-electron chi connectivity index (χ2n) is 2.42. The average molecular weight is 138 g/mol. The van der Waals surface area contributed by atoms with Gasteiger partial charge < -0.3 is 0 Å². The fourth-order valence-corrected chi connectivity index (χ4v) is 0.620. The molecule has 0 saturated heterocycles. The van der Waals surface area contributed by atoms with Gasteiger partial charge in [-0.25, -0.2) is 0 Å². The number of aldehydes is 1. The van der Waals surface area contributed by atoms with E-state index in [0.717, 1.165) is 19.1 Å². The van der Waals surface area contributed by atoms with Crippen LogP contribution in [-0.4, -0.2) is 6.29 Å². The van der Waals surface area contributed by atoms with E-state index in [1.165, 1.54) is 5.57 Å². The number of carbonyl (C=O) groups excluding carboxylic acids is 1. The van der Waals surface area contributed by atoms with E-state index >= 15 is 0 Å². The van der Waals surface area contributed by atoms with Crippen molar-refractivity contribution in [2.24, 2.45) is 0 Å².